The molecule has 5 heteroatoms. The van der Waals surface area contributed by atoms with E-state index in [4.69, 9.17) is 5.73 Å². The minimum absolute atomic E-state index is 0.0669. The molecule has 1 aliphatic rings. The molecule has 0 saturated carbocycles. The fourth-order valence-corrected chi connectivity index (χ4v) is 2.98. The average Bonchev–Trinajstić information content (AvgIpc) is 2.96. The Labute approximate surface area is 107 Å². The number of carbonyl (C=O) groups is 2. The lowest BCUT2D eigenvalue weighted by Gasteiger charge is -2.06. The summed E-state index contributed by atoms with van der Waals surface area (Å²) < 4.78 is 0. The van der Waals surface area contributed by atoms with Gasteiger partial charge in [-0.15, -0.1) is 11.3 Å². The quantitative estimate of drug-likeness (QED) is 0.861. The van der Waals surface area contributed by atoms with Crippen LogP contribution in [0.2, 0.25) is 0 Å². The van der Waals surface area contributed by atoms with E-state index in [-0.39, 0.29) is 5.91 Å². The first-order valence-corrected chi connectivity index (χ1v) is 6.34. The Kier molecular flexibility index (Phi) is 2.41. The van der Waals surface area contributed by atoms with Crippen LogP contribution in [0.15, 0.2) is 29.6 Å². The Balaban J connectivity index is 2.22. The van der Waals surface area contributed by atoms with Gasteiger partial charge in [-0.1, -0.05) is 12.1 Å². The van der Waals surface area contributed by atoms with E-state index in [9.17, 15) is 9.59 Å². The number of nitrogens with two attached hydrogens (primary N) is 1. The van der Waals surface area contributed by atoms with Crippen LogP contribution in [0.5, 0.6) is 0 Å². The lowest BCUT2D eigenvalue weighted by molar-refractivity contribution is 0.0964. The summed E-state index contributed by atoms with van der Waals surface area (Å²) in [5.41, 5.74) is 8.68. The molecule has 3 N–H and O–H groups in total. The van der Waals surface area contributed by atoms with Crippen molar-refractivity contribution in [3.8, 4) is 11.1 Å². The van der Waals surface area contributed by atoms with Crippen molar-refractivity contribution in [2.24, 2.45) is 5.73 Å². The average molecular weight is 258 g/mol. The molecule has 0 radical (unpaired) electrons. The first-order valence-electron chi connectivity index (χ1n) is 5.46. The monoisotopic (exact) mass is 258 g/mol. The molecule has 2 aromatic rings. The maximum absolute atomic E-state index is 11.6. The number of hydrogen-bond donors (Lipinski definition) is 2. The van der Waals surface area contributed by atoms with Gasteiger partial charge in [0.25, 0.3) is 11.8 Å². The van der Waals surface area contributed by atoms with Crippen LogP contribution in [0.25, 0.3) is 11.1 Å². The van der Waals surface area contributed by atoms with Crippen LogP contribution >= 0.6 is 11.3 Å². The first kappa shape index (κ1) is 11.0. The third kappa shape index (κ3) is 1.52. The maximum Gasteiger partial charge on any atom is 0.259 e. The zero-order chi connectivity index (χ0) is 12.7. The van der Waals surface area contributed by atoms with Crippen molar-refractivity contribution in [1.29, 1.82) is 0 Å². The summed E-state index contributed by atoms with van der Waals surface area (Å²) in [6.07, 6.45) is 0. The summed E-state index contributed by atoms with van der Waals surface area (Å²) in [5.74, 6) is -0.502. The summed E-state index contributed by atoms with van der Waals surface area (Å²) in [6, 6.07) is 7.38. The Bertz CT molecular complexity index is 661. The number of carbonyl (C=O) groups excluding carboxylic acids is 2. The molecule has 0 spiro atoms. The Morgan fingerprint density at radius 2 is 2.00 bits per heavy atom. The van der Waals surface area contributed by atoms with E-state index in [2.05, 4.69) is 5.32 Å². The lowest BCUT2D eigenvalue weighted by atomic mass is 9.97. The molecule has 0 bridgehead atoms. The second-order valence-electron chi connectivity index (χ2n) is 4.04. The standard InChI is InChI=1S/C13H10N2O2S/c14-12(16)11-8(4-5-18-11)7-2-1-3-9-10(7)6-15-13(9)17/h1-5H,6H2,(H2,14,16)(H,15,17). The number of amides is 2. The van der Waals surface area contributed by atoms with Crippen LogP contribution in [-0.2, 0) is 6.54 Å². The van der Waals surface area contributed by atoms with Crippen molar-refractivity contribution in [1.82, 2.24) is 5.32 Å². The predicted molar refractivity (Wildman–Crippen MR) is 69.4 cm³/mol. The Morgan fingerprint density at radius 3 is 2.78 bits per heavy atom. The fourth-order valence-electron chi connectivity index (χ4n) is 2.22. The number of rotatable bonds is 2. The van der Waals surface area contributed by atoms with Gasteiger partial charge in [-0.05, 0) is 28.6 Å². The van der Waals surface area contributed by atoms with Gasteiger partial charge in [0.05, 0.1) is 4.88 Å². The fraction of sp³-hybridized carbons (Fsp3) is 0.0769. The molecule has 4 nitrogen and oxygen atoms in total. The van der Waals surface area contributed by atoms with Crippen molar-refractivity contribution in [3.05, 3.63) is 45.6 Å². The van der Waals surface area contributed by atoms with E-state index in [1.807, 2.05) is 23.6 Å². The van der Waals surface area contributed by atoms with E-state index >= 15 is 0 Å². The van der Waals surface area contributed by atoms with Crippen molar-refractivity contribution in [3.63, 3.8) is 0 Å². The van der Waals surface area contributed by atoms with Gasteiger partial charge in [-0.25, -0.2) is 0 Å². The van der Waals surface area contributed by atoms with Gasteiger partial charge >= 0.3 is 0 Å². The minimum atomic E-state index is -0.435. The number of fused-ring (bicyclic) bond motifs is 1. The number of primary amides is 1. The number of hydrogen-bond acceptors (Lipinski definition) is 3. The lowest BCUT2D eigenvalue weighted by Crippen LogP contribution is -2.12. The van der Waals surface area contributed by atoms with E-state index in [0.29, 0.717) is 17.0 Å². The highest BCUT2D eigenvalue weighted by atomic mass is 32.1. The van der Waals surface area contributed by atoms with Crippen LogP contribution in [0.1, 0.15) is 25.6 Å². The maximum atomic E-state index is 11.6. The largest absolute Gasteiger partial charge is 0.365 e. The zero-order valence-electron chi connectivity index (χ0n) is 9.40. The Hall–Kier alpha value is -2.14. The van der Waals surface area contributed by atoms with Gasteiger partial charge in [-0.2, -0.15) is 0 Å². The molecule has 18 heavy (non-hydrogen) atoms. The highest BCUT2D eigenvalue weighted by Crippen LogP contribution is 2.33. The molecule has 2 amide bonds. The molecule has 0 fully saturated rings. The van der Waals surface area contributed by atoms with Gasteiger partial charge in [0, 0.05) is 17.7 Å². The molecule has 3 rings (SSSR count). The molecule has 1 aromatic carbocycles. The van der Waals surface area contributed by atoms with Crippen LogP contribution in [0.3, 0.4) is 0 Å². The van der Waals surface area contributed by atoms with Gasteiger partial charge in [0.2, 0.25) is 0 Å². The van der Waals surface area contributed by atoms with E-state index in [1.54, 1.807) is 6.07 Å². The Morgan fingerprint density at radius 1 is 1.22 bits per heavy atom. The number of benzene rings is 1. The van der Waals surface area contributed by atoms with Crippen molar-refractivity contribution in [2.75, 3.05) is 0 Å². The summed E-state index contributed by atoms with van der Waals surface area (Å²) in [7, 11) is 0. The molecule has 1 aliphatic heterocycles. The zero-order valence-corrected chi connectivity index (χ0v) is 10.2. The molecular weight excluding hydrogens is 248 g/mol. The molecule has 0 atom stereocenters. The highest BCUT2D eigenvalue weighted by molar-refractivity contribution is 7.12. The van der Waals surface area contributed by atoms with Crippen LogP contribution in [-0.4, -0.2) is 11.8 Å². The van der Waals surface area contributed by atoms with Crippen LogP contribution in [0.4, 0.5) is 0 Å². The van der Waals surface area contributed by atoms with E-state index in [1.165, 1.54) is 11.3 Å². The molecule has 0 aliphatic carbocycles. The first-order chi connectivity index (χ1) is 8.68. The third-order valence-electron chi connectivity index (χ3n) is 3.03. The predicted octanol–water partition coefficient (Wildman–Crippen LogP) is 1.76. The second-order valence-corrected chi connectivity index (χ2v) is 4.96. The summed E-state index contributed by atoms with van der Waals surface area (Å²) in [6.45, 7) is 0.498. The topological polar surface area (TPSA) is 72.2 Å². The SMILES string of the molecule is NC(=O)c1sccc1-c1cccc2c1CNC2=O. The summed E-state index contributed by atoms with van der Waals surface area (Å²) in [5, 5.41) is 4.62. The summed E-state index contributed by atoms with van der Waals surface area (Å²) in [4.78, 5) is 23.5. The van der Waals surface area contributed by atoms with Crippen molar-refractivity contribution >= 4 is 23.2 Å². The summed E-state index contributed by atoms with van der Waals surface area (Å²) >= 11 is 1.32. The minimum Gasteiger partial charge on any atom is -0.365 e. The van der Waals surface area contributed by atoms with Crippen LogP contribution in [0, 0.1) is 0 Å². The van der Waals surface area contributed by atoms with Gasteiger partial charge in [-0.3, -0.25) is 9.59 Å². The normalized spacial score (nSPS) is 13.2. The van der Waals surface area contributed by atoms with Crippen molar-refractivity contribution in [2.45, 2.75) is 6.54 Å². The van der Waals surface area contributed by atoms with Crippen molar-refractivity contribution < 1.29 is 9.59 Å². The van der Waals surface area contributed by atoms with Gasteiger partial charge < -0.3 is 11.1 Å². The molecule has 0 saturated heterocycles. The molecule has 2 heterocycles. The van der Waals surface area contributed by atoms with Gasteiger partial charge in [0.15, 0.2) is 0 Å². The third-order valence-corrected chi connectivity index (χ3v) is 3.95. The highest BCUT2D eigenvalue weighted by Gasteiger charge is 2.23. The number of thiophene rings is 1. The van der Waals surface area contributed by atoms with Crippen LogP contribution < -0.4 is 11.1 Å². The van der Waals surface area contributed by atoms with E-state index in [0.717, 1.165) is 16.7 Å². The molecule has 90 valence electrons. The van der Waals surface area contributed by atoms with Gasteiger partial charge in [0.1, 0.15) is 0 Å². The second kappa shape index (κ2) is 3.96. The van der Waals surface area contributed by atoms with E-state index < -0.39 is 5.91 Å². The smallest absolute Gasteiger partial charge is 0.259 e. The molecular formula is C13H10N2O2S. The molecule has 1 aromatic heterocycles. The number of nitrogens with one attached hydrogen (secondary N) is 1. The molecule has 0 unspecified atom stereocenters.